The first-order valence-corrected chi connectivity index (χ1v) is 6.18. The third-order valence-electron chi connectivity index (χ3n) is 3.45. The standard InChI is InChI=1S/C12H19N3O2/c1-2-3-6-15-8-9(7-11(15)12(16)17)10-4-5-13-14-10/h4-5,9,11H,2-3,6-8H2,1H3,(H,13,14)(H,16,17). The zero-order chi connectivity index (χ0) is 12.3. The molecule has 2 N–H and O–H groups in total. The number of likely N-dealkylation sites (tertiary alicyclic amines) is 1. The summed E-state index contributed by atoms with van der Waals surface area (Å²) in [6.07, 6.45) is 4.55. The first-order chi connectivity index (χ1) is 8.22. The van der Waals surface area contributed by atoms with Crippen molar-refractivity contribution in [2.45, 2.75) is 38.1 Å². The van der Waals surface area contributed by atoms with E-state index in [4.69, 9.17) is 0 Å². The van der Waals surface area contributed by atoms with Crippen molar-refractivity contribution < 1.29 is 9.90 Å². The summed E-state index contributed by atoms with van der Waals surface area (Å²) in [5.41, 5.74) is 1.05. The van der Waals surface area contributed by atoms with Gasteiger partial charge < -0.3 is 5.11 Å². The number of carbonyl (C=O) groups is 1. The van der Waals surface area contributed by atoms with Crippen LogP contribution in [0.25, 0.3) is 0 Å². The molecule has 2 unspecified atom stereocenters. The zero-order valence-corrected chi connectivity index (χ0v) is 10.1. The minimum atomic E-state index is -0.705. The van der Waals surface area contributed by atoms with Crippen LogP contribution < -0.4 is 0 Å². The number of nitrogens with one attached hydrogen (secondary N) is 1. The SMILES string of the molecule is CCCCN1CC(c2ccn[nH]2)CC1C(=O)O. The summed E-state index contributed by atoms with van der Waals surface area (Å²) in [7, 11) is 0. The van der Waals surface area contributed by atoms with E-state index in [0.717, 1.165) is 31.6 Å². The number of hydrogen-bond donors (Lipinski definition) is 2. The van der Waals surface area contributed by atoms with Crippen molar-refractivity contribution >= 4 is 5.97 Å². The molecule has 1 aliphatic rings. The molecule has 2 heterocycles. The van der Waals surface area contributed by atoms with Crippen LogP contribution in [0.15, 0.2) is 12.3 Å². The van der Waals surface area contributed by atoms with Crippen molar-refractivity contribution in [3.63, 3.8) is 0 Å². The van der Waals surface area contributed by atoms with E-state index in [2.05, 4.69) is 22.0 Å². The lowest BCUT2D eigenvalue weighted by molar-refractivity contribution is -0.142. The van der Waals surface area contributed by atoms with Gasteiger partial charge in [0, 0.05) is 24.4 Å². The highest BCUT2D eigenvalue weighted by Crippen LogP contribution is 2.30. The van der Waals surface area contributed by atoms with E-state index in [9.17, 15) is 9.90 Å². The second-order valence-corrected chi connectivity index (χ2v) is 4.65. The van der Waals surface area contributed by atoms with Crippen molar-refractivity contribution in [1.29, 1.82) is 0 Å². The summed E-state index contributed by atoms with van der Waals surface area (Å²) >= 11 is 0. The minimum absolute atomic E-state index is 0.274. The Kier molecular flexibility index (Phi) is 3.78. The third-order valence-corrected chi connectivity index (χ3v) is 3.45. The Morgan fingerprint density at radius 3 is 3.12 bits per heavy atom. The number of aliphatic carboxylic acids is 1. The predicted molar refractivity (Wildman–Crippen MR) is 63.9 cm³/mol. The molecule has 5 nitrogen and oxygen atoms in total. The Balaban J connectivity index is 2.03. The number of aromatic nitrogens is 2. The maximum absolute atomic E-state index is 11.2. The quantitative estimate of drug-likeness (QED) is 0.813. The number of carboxylic acids is 1. The number of unbranched alkanes of at least 4 members (excludes halogenated alkanes) is 1. The van der Waals surface area contributed by atoms with E-state index in [0.29, 0.717) is 6.42 Å². The summed E-state index contributed by atoms with van der Waals surface area (Å²) in [6.45, 7) is 3.81. The van der Waals surface area contributed by atoms with Crippen LogP contribution in [0.5, 0.6) is 0 Å². The molecule has 0 bridgehead atoms. The topological polar surface area (TPSA) is 69.2 Å². The summed E-state index contributed by atoms with van der Waals surface area (Å²) in [5, 5.41) is 16.1. The Labute approximate surface area is 101 Å². The lowest BCUT2D eigenvalue weighted by Crippen LogP contribution is -2.36. The number of rotatable bonds is 5. The molecule has 1 aliphatic heterocycles. The fourth-order valence-electron chi connectivity index (χ4n) is 2.49. The predicted octanol–water partition coefficient (Wildman–Crippen LogP) is 1.45. The highest BCUT2D eigenvalue weighted by atomic mass is 16.4. The molecule has 5 heteroatoms. The zero-order valence-electron chi connectivity index (χ0n) is 10.1. The molecule has 1 saturated heterocycles. The van der Waals surface area contributed by atoms with E-state index in [1.54, 1.807) is 6.20 Å². The highest BCUT2D eigenvalue weighted by Gasteiger charge is 2.37. The van der Waals surface area contributed by atoms with Crippen LogP contribution in [0.3, 0.4) is 0 Å². The van der Waals surface area contributed by atoms with E-state index >= 15 is 0 Å². The van der Waals surface area contributed by atoms with Crippen LogP contribution in [0.1, 0.15) is 37.8 Å². The molecule has 1 fully saturated rings. The van der Waals surface area contributed by atoms with Gasteiger partial charge in [-0.2, -0.15) is 5.10 Å². The van der Waals surface area contributed by atoms with Gasteiger partial charge in [0.15, 0.2) is 0 Å². The van der Waals surface area contributed by atoms with E-state index in [-0.39, 0.29) is 12.0 Å². The van der Waals surface area contributed by atoms with Gasteiger partial charge in [-0.05, 0) is 25.5 Å². The fourth-order valence-corrected chi connectivity index (χ4v) is 2.49. The van der Waals surface area contributed by atoms with Gasteiger partial charge in [-0.3, -0.25) is 14.8 Å². The molecule has 0 saturated carbocycles. The summed E-state index contributed by atoms with van der Waals surface area (Å²) in [5.74, 6) is -0.432. The van der Waals surface area contributed by atoms with E-state index in [1.807, 2.05) is 6.07 Å². The number of aromatic amines is 1. The molecule has 0 radical (unpaired) electrons. The highest BCUT2D eigenvalue weighted by molar-refractivity contribution is 5.74. The largest absolute Gasteiger partial charge is 0.480 e. The number of carboxylic acid groups (broad SMARTS) is 1. The van der Waals surface area contributed by atoms with Crippen molar-refractivity contribution in [1.82, 2.24) is 15.1 Å². The monoisotopic (exact) mass is 237 g/mol. The van der Waals surface area contributed by atoms with Crippen molar-refractivity contribution in [3.8, 4) is 0 Å². The van der Waals surface area contributed by atoms with Crippen LogP contribution >= 0.6 is 0 Å². The van der Waals surface area contributed by atoms with Gasteiger partial charge >= 0.3 is 5.97 Å². The van der Waals surface area contributed by atoms with Gasteiger partial charge in [-0.15, -0.1) is 0 Å². The van der Waals surface area contributed by atoms with Gasteiger partial charge in [0.25, 0.3) is 0 Å². The molecule has 1 aromatic rings. The average molecular weight is 237 g/mol. The smallest absolute Gasteiger partial charge is 0.320 e. The van der Waals surface area contributed by atoms with E-state index in [1.165, 1.54) is 0 Å². The van der Waals surface area contributed by atoms with Crippen LogP contribution in [0, 0.1) is 0 Å². The molecule has 0 spiro atoms. The molecule has 0 amide bonds. The van der Waals surface area contributed by atoms with Gasteiger partial charge in [0.2, 0.25) is 0 Å². The molecule has 0 aliphatic carbocycles. The Morgan fingerprint density at radius 2 is 2.53 bits per heavy atom. The van der Waals surface area contributed by atoms with Crippen LogP contribution in [0.2, 0.25) is 0 Å². The average Bonchev–Trinajstić information content (AvgIpc) is 2.94. The molecular weight excluding hydrogens is 218 g/mol. The van der Waals surface area contributed by atoms with Crippen LogP contribution in [-0.4, -0.2) is 45.3 Å². The van der Waals surface area contributed by atoms with Crippen molar-refractivity contribution in [3.05, 3.63) is 18.0 Å². The van der Waals surface area contributed by atoms with Gasteiger partial charge in [-0.1, -0.05) is 13.3 Å². The number of H-pyrrole nitrogens is 1. The number of hydrogen-bond acceptors (Lipinski definition) is 3. The summed E-state index contributed by atoms with van der Waals surface area (Å²) < 4.78 is 0. The lowest BCUT2D eigenvalue weighted by Gasteiger charge is -2.20. The molecule has 2 rings (SSSR count). The molecule has 0 aromatic carbocycles. The molecule has 2 atom stereocenters. The third kappa shape index (κ3) is 2.66. The second-order valence-electron chi connectivity index (χ2n) is 4.65. The number of nitrogens with zero attached hydrogens (tertiary/aromatic N) is 2. The molecule has 1 aromatic heterocycles. The fraction of sp³-hybridized carbons (Fsp3) is 0.667. The maximum atomic E-state index is 11.2. The Morgan fingerprint density at radius 1 is 1.71 bits per heavy atom. The summed E-state index contributed by atoms with van der Waals surface area (Å²) in [4.78, 5) is 13.3. The van der Waals surface area contributed by atoms with Crippen LogP contribution in [0.4, 0.5) is 0 Å². The summed E-state index contributed by atoms with van der Waals surface area (Å²) in [6, 6.07) is 1.60. The molecule has 94 valence electrons. The van der Waals surface area contributed by atoms with Crippen LogP contribution in [-0.2, 0) is 4.79 Å². The minimum Gasteiger partial charge on any atom is -0.480 e. The first-order valence-electron chi connectivity index (χ1n) is 6.18. The molecule has 17 heavy (non-hydrogen) atoms. The second kappa shape index (κ2) is 5.31. The van der Waals surface area contributed by atoms with Crippen molar-refractivity contribution in [2.24, 2.45) is 0 Å². The van der Waals surface area contributed by atoms with Gasteiger partial charge in [0.05, 0.1) is 0 Å². The Hall–Kier alpha value is -1.36. The van der Waals surface area contributed by atoms with Gasteiger partial charge in [0.1, 0.15) is 6.04 Å². The van der Waals surface area contributed by atoms with Crippen molar-refractivity contribution in [2.75, 3.05) is 13.1 Å². The maximum Gasteiger partial charge on any atom is 0.320 e. The van der Waals surface area contributed by atoms with E-state index < -0.39 is 5.97 Å². The lowest BCUT2D eigenvalue weighted by atomic mass is 10.0. The van der Waals surface area contributed by atoms with Gasteiger partial charge in [-0.25, -0.2) is 0 Å². The first kappa shape index (κ1) is 12.1. The molecular formula is C12H19N3O2. The normalized spacial score (nSPS) is 25.2. The Bertz CT molecular complexity index is 364.